The van der Waals surface area contributed by atoms with E-state index in [9.17, 15) is 0 Å². The predicted molar refractivity (Wildman–Crippen MR) is 78.6 cm³/mol. The third-order valence-corrected chi connectivity index (χ3v) is 4.88. The molecule has 1 spiro atoms. The molecule has 1 aromatic heterocycles. The van der Waals surface area contributed by atoms with E-state index in [4.69, 9.17) is 4.42 Å². The summed E-state index contributed by atoms with van der Waals surface area (Å²) < 4.78 is 5.77. The molecule has 0 unspecified atom stereocenters. The Kier molecular flexibility index (Phi) is 3.96. The molecule has 3 rings (SSSR count). The first-order valence-corrected chi connectivity index (χ1v) is 7.98. The molecular weight excluding hydrogens is 252 g/mol. The molecule has 0 amide bonds. The third-order valence-electron chi connectivity index (χ3n) is 4.88. The van der Waals surface area contributed by atoms with Crippen LogP contribution in [0.2, 0.25) is 0 Å². The maximum absolute atomic E-state index is 5.77. The van der Waals surface area contributed by atoms with Gasteiger partial charge in [-0.1, -0.05) is 31.8 Å². The second-order valence-electron chi connectivity index (χ2n) is 6.71. The minimum absolute atomic E-state index is 0.433. The predicted octanol–water partition coefficient (Wildman–Crippen LogP) is 2.73. The topological polar surface area (TPSA) is 54.2 Å². The van der Waals surface area contributed by atoms with Crippen molar-refractivity contribution in [1.82, 2.24) is 15.5 Å². The van der Waals surface area contributed by atoms with Gasteiger partial charge in [-0.25, -0.2) is 0 Å². The van der Waals surface area contributed by atoms with Gasteiger partial charge in [0.1, 0.15) is 0 Å². The Morgan fingerprint density at radius 3 is 2.50 bits per heavy atom. The lowest BCUT2D eigenvalue weighted by atomic mass is 9.77. The van der Waals surface area contributed by atoms with E-state index in [2.05, 4.69) is 34.3 Å². The monoisotopic (exact) mass is 278 g/mol. The number of nitrogens with one attached hydrogen (secondary N) is 1. The van der Waals surface area contributed by atoms with Gasteiger partial charge in [0.25, 0.3) is 0 Å². The molecule has 0 radical (unpaired) electrons. The van der Waals surface area contributed by atoms with Gasteiger partial charge < -0.3 is 14.6 Å². The van der Waals surface area contributed by atoms with Crippen LogP contribution in [0.4, 0.5) is 6.01 Å². The Labute approximate surface area is 121 Å². The van der Waals surface area contributed by atoms with E-state index in [1.165, 1.54) is 38.5 Å². The van der Waals surface area contributed by atoms with E-state index in [1.807, 2.05) is 0 Å². The molecule has 1 N–H and O–H groups in total. The Morgan fingerprint density at radius 2 is 1.85 bits per heavy atom. The molecular formula is C15H26N4O. The van der Waals surface area contributed by atoms with E-state index < -0.39 is 0 Å². The first kappa shape index (κ1) is 13.9. The van der Waals surface area contributed by atoms with Gasteiger partial charge in [-0.2, -0.15) is 0 Å². The Morgan fingerprint density at radius 1 is 1.15 bits per heavy atom. The lowest BCUT2D eigenvalue weighted by molar-refractivity contribution is 0.222. The van der Waals surface area contributed by atoms with Crippen molar-refractivity contribution in [2.45, 2.75) is 65.0 Å². The molecule has 1 saturated heterocycles. The summed E-state index contributed by atoms with van der Waals surface area (Å²) in [6.45, 7) is 7.02. The summed E-state index contributed by atoms with van der Waals surface area (Å²) in [5, 5.41) is 11.6. The van der Waals surface area contributed by atoms with Crippen molar-refractivity contribution in [1.29, 1.82) is 0 Å². The fourth-order valence-corrected chi connectivity index (χ4v) is 3.53. The Bertz CT molecular complexity index is 427. The summed E-state index contributed by atoms with van der Waals surface area (Å²) in [5.74, 6) is 0.690. The van der Waals surface area contributed by atoms with Gasteiger partial charge in [0, 0.05) is 19.1 Å². The number of anilines is 1. The van der Waals surface area contributed by atoms with Gasteiger partial charge in [0.05, 0.1) is 6.54 Å². The van der Waals surface area contributed by atoms with Crippen LogP contribution in [0, 0.1) is 5.41 Å². The number of hydrogen-bond acceptors (Lipinski definition) is 5. The molecule has 2 fully saturated rings. The zero-order chi connectivity index (χ0) is 14.0. The van der Waals surface area contributed by atoms with E-state index in [1.54, 1.807) is 0 Å². The van der Waals surface area contributed by atoms with Gasteiger partial charge in [-0.05, 0) is 31.1 Å². The summed E-state index contributed by atoms with van der Waals surface area (Å²) in [6, 6.07) is 1.14. The minimum Gasteiger partial charge on any atom is -0.407 e. The van der Waals surface area contributed by atoms with Crippen LogP contribution in [0.25, 0.3) is 0 Å². The molecule has 0 atom stereocenters. The zero-order valence-corrected chi connectivity index (χ0v) is 12.7. The SMILES string of the molecule is CC(C)NCc1nnc(N2CCC3(CCCC3)CC2)o1. The molecule has 0 bridgehead atoms. The number of rotatable bonds is 4. The van der Waals surface area contributed by atoms with Crippen molar-refractivity contribution < 1.29 is 4.42 Å². The Hall–Kier alpha value is -1.10. The molecule has 1 saturated carbocycles. The van der Waals surface area contributed by atoms with Crippen LogP contribution in [-0.2, 0) is 6.54 Å². The zero-order valence-electron chi connectivity index (χ0n) is 12.7. The molecule has 2 heterocycles. The molecule has 1 aliphatic heterocycles. The second kappa shape index (κ2) is 5.72. The summed E-state index contributed by atoms with van der Waals surface area (Å²) in [5.41, 5.74) is 0.637. The fourth-order valence-electron chi connectivity index (χ4n) is 3.53. The minimum atomic E-state index is 0.433. The molecule has 2 aliphatic rings. The van der Waals surface area contributed by atoms with Crippen LogP contribution in [0.3, 0.4) is 0 Å². The van der Waals surface area contributed by atoms with Crippen molar-refractivity contribution in [2.24, 2.45) is 5.41 Å². The normalized spacial score (nSPS) is 22.1. The van der Waals surface area contributed by atoms with Crippen LogP contribution < -0.4 is 10.2 Å². The lowest BCUT2D eigenvalue weighted by Crippen LogP contribution is -2.39. The highest BCUT2D eigenvalue weighted by atomic mass is 16.4. The highest BCUT2D eigenvalue weighted by molar-refractivity contribution is 5.25. The molecule has 20 heavy (non-hydrogen) atoms. The van der Waals surface area contributed by atoms with Gasteiger partial charge in [0.2, 0.25) is 5.89 Å². The van der Waals surface area contributed by atoms with Crippen LogP contribution in [0.15, 0.2) is 4.42 Å². The summed E-state index contributed by atoms with van der Waals surface area (Å²) >= 11 is 0. The molecule has 5 heteroatoms. The average molecular weight is 278 g/mol. The van der Waals surface area contributed by atoms with E-state index in [-0.39, 0.29) is 0 Å². The Balaban J connectivity index is 1.55. The van der Waals surface area contributed by atoms with Gasteiger partial charge >= 0.3 is 6.01 Å². The van der Waals surface area contributed by atoms with E-state index in [0.29, 0.717) is 29.9 Å². The average Bonchev–Trinajstić information content (AvgIpc) is 3.08. The van der Waals surface area contributed by atoms with Crippen molar-refractivity contribution in [3.8, 4) is 0 Å². The summed E-state index contributed by atoms with van der Waals surface area (Å²) in [6.07, 6.45) is 8.27. The van der Waals surface area contributed by atoms with Gasteiger partial charge in [-0.3, -0.25) is 0 Å². The van der Waals surface area contributed by atoms with Crippen LogP contribution >= 0.6 is 0 Å². The first-order chi connectivity index (χ1) is 9.67. The number of nitrogens with zero attached hydrogens (tertiary/aromatic N) is 3. The van der Waals surface area contributed by atoms with E-state index >= 15 is 0 Å². The molecule has 1 aliphatic carbocycles. The lowest BCUT2D eigenvalue weighted by Gasteiger charge is -2.38. The highest BCUT2D eigenvalue weighted by Crippen LogP contribution is 2.46. The molecule has 0 aromatic carbocycles. The van der Waals surface area contributed by atoms with Crippen LogP contribution in [0.5, 0.6) is 0 Å². The number of aromatic nitrogens is 2. The van der Waals surface area contributed by atoms with Crippen LogP contribution in [-0.4, -0.2) is 29.3 Å². The fraction of sp³-hybridized carbons (Fsp3) is 0.867. The van der Waals surface area contributed by atoms with Crippen molar-refractivity contribution in [2.75, 3.05) is 18.0 Å². The van der Waals surface area contributed by atoms with Crippen molar-refractivity contribution in [3.63, 3.8) is 0 Å². The quantitative estimate of drug-likeness (QED) is 0.917. The number of piperidine rings is 1. The standard InChI is InChI=1S/C15H26N4O/c1-12(2)16-11-13-17-18-14(20-13)19-9-7-15(8-10-19)5-3-4-6-15/h12,16H,3-11H2,1-2H3. The molecule has 5 nitrogen and oxygen atoms in total. The summed E-state index contributed by atoms with van der Waals surface area (Å²) in [4.78, 5) is 2.26. The molecule has 112 valence electrons. The number of hydrogen-bond donors (Lipinski definition) is 1. The summed E-state index contributed by atoms with van der Waals surface area (Å²) in [7, 11) is 0. The first-order valence-electron chi connectivity index (χ1n) is 7.98. The van der Waals surface area contributed by atoms with Gasteiger partial charge in [-0.15, -0.1) is 5.10 Å². The van der Waals surface area contributed by atoms with E-state index in [0.717, 1.165) is 13.1 Å². The van der Waals surface area contributed by atoms with Crippen molar-refractivity contribution in [3.05, 3.63) is 5.89 Å². The van der Waals surface area contributed by atoms with Gasteiger partial charge in [0.15, 0.2) is 0 Å². The third kappa shape index (κ3) is 2.97. The second-order valence-corrected chi connectivity index (χ2v) is 6.71. The highest BCUT2D eigenvalue weighted by Gasteiger charge is 2.37. The van der Waals surface area contributed by atoms with Crippen molar-refractivity contribution >= 4 is 6.01 Å². The molecule has 1 aromatic rings. The maximum Gasteiger partial charge on any atom is 0.318 e. The maximum atomic E-state index is 5.77. The smallest absolute Gasteiger partial charge is 0.318 e. The largest absolute Gasteiger partial charge is 0.407 e. The van der Waals surface area contributed by atoms with Crippen LogP contribution in [0.1, 0.15) is 58.3 Å².